The topological polar surface area (TPSA) is 77.8 Å². The van der Waals surface area contributed by atoms with Crippen LogP contribution in [0.15, 0.2) is 12.7 Å². The molecule has 0 aromatic carbocycles. The molecule has 1 unspecified atom stereocenters. The van der Waals surface area contributed by atoms with Crippen molar-refractivity contribution in [1.82, 2.24) is 0 Å². The highest BCUT2D eigenvalue weighted by Gasteiger charge is 2.00. The standard InChI is InChI=1S/C12H26O2.C3H4O2/c1-2-3-4-5-6-7-8-9-10-12(14)11-13;1-2-3(4)5/h12-14H,2-11H2,1H3;2H,1H2,(H,4,5). The number of carboxylic acids is 1. The Morgan fingerprint density at radius 1 is 1.11 bits per heavy atom. The minimum absolute atomic E-state index is 0.0868. The minimum Gasteiger partial charge on any atom is -0.478 e. The zero-order chi connectivity index (χ0) is 14.9. The van der Waals surface area contributed by atoms with E-state index in [1.807, 2.05) is 0 Å². The van der Waals surface area contributed by atoms with Gasteiger partial charge in [-0.25, -0.2) is 4.79 Å². The summed E-state index contributed by atoms with van der Waals surface area (Å²) >= 11 is 0. The maximum Gasteiger partial charge on any atom is 0.327 e. The number of aliphatic hydroxyl groups excluding tert-OH is 2. The van der Waals surface area contributed by atoms with Crippen LogP contribution in [0.4, 0.5) is 0 Å². The van der Waals surface area contributed by atoms with Crippen molar-refractivity contribution in [3.8, 4) is 0 Å². The van der Waals surface area contributed by atoms with E-state index < -0.39 is 12.1 Å². The normalized spacial score (nSPS) is 11.3. The van der Waals surface area contributed by atoms with Crippen LogP contribution in [-0.4, -0.2) is 34.0 Å². The summed E-state index contributed by atoms with van der Waals surface area (Å²) < 4.78 is 0. The van der Waals surface area contributed by atoms with E-state index in [0.717, 1.165) is 18.9 Å². The number of rotatable bonds is 11. The quantitative estimate of drug-likeness (QED) is 0.399. The van der Waals surface area contributed by atoms with Crippen molar-refractivity contribution in [3.05, 3.63) is 12.7 Å². The first-order valence-electron chi connectivity index (χ1n) is 7.22. The van der Waals surface area contributed by atoms with E-state index in [9.17, 15) is 4.79 Å². The molecule has 114 valence electrons. The fourth-order valence-corrected chi connectivity index (χ4v) is 1.61. The van der Waals surface area contributed by atoms with Crippen molar-refractivity contribution in [3.63, 3.8) is 0 Å². The molecule has 0 aromatic heterocycles. The highest BCUT2D eigenvalue weighted by Crippen LogP contribution is 2.10. The van der Waals surface area contributed by atoms with Gasteiger partial charge in [-0.3, -0.25) is 0 Å². The van der Waals surface area contributed by atoms with Crippen molar-refractivity contribution in [2.45, 2.75) is 70.8 Å². The number of aliphatic carboxylic acids is 1. The number of unbranched alkanes of at least 4 members (excludes halogenated alkanes) is 7. The fraction of sp³-hybridized carbons (Fsp3) is 0.800. The van der Waals surface area contributed by atoms with Crippen LogP contribution in [0, 0.1) is 0 Å². The molecule has 1 atom stereocenters. The van der Waals surface area contributed by atoms with Crippen molar-refractivity contribution in [2.24, 2.45) is 0 Å². The number of aliphatic hydroxyl groups is 2. The minimum atomic E-state index is -0.981. The van der Waals surface area contributed by atoms with Crippen molar-refractivity contribution in [2.75, 3.05) is 6.61 Å². The third-order valence-corrected chi connectivity index (χ3v) is 2.78. The molecule has 0 amide bonds. The highest BCUT2D eigenvalue weighted by molar-refractivity contribution is 5.78. The molecular weight excluding hydrogens is 244 g/mol. The molecule has 19 heavy (non-hydrogen) atoms. The molecule has 0 bridgehead atoms. The van der Waals surface area contributed by atoms with Crippen LogP contribution in [0.5, 0.6) is 0 Å². The summed E-state index contributed by atoms with van der Waals surface area (Å²) in [6.07, 6.45) is 11.4. The Balaban J connectivity index is 0. The fourth-order valence-electron chi connectivity index (χ4n) is 1.61. The molecule has 0 heterocycles. The Morgan fingerprint density at radius 2 is 1.53 bits per heavy atom. The number of hydrogen-bond donors (Lipinski definition) is 3. The van der Waals surface area contributed by atoms with Crippen LogP contribution in [0.1, 0.15) is 64.7 Å². The van der Waals surface area contributed by atoms with Crippen molar-refractivity contribution < 1.29 is 20.1 Å². The van der Waals surface area contributed by atoms with E-state index in [1.165, 1.54) is 44.9 Å². The van der Waals surface area contributed by atoms with Gasteiger partial charge in [0.15, 0.2) is 0 Å². The van der Waals surface area contributed by atoms with Gasteiger partial charge in [-0.15, -0.1) is 0 Å². The molecule has 4 heteroatoms. The summed E-state index contributed by atoms with van der Waals surface area (Å²) in [4.78, 5) is 9.25. The predicted molar refractivity (Wildman–Crippen MR) is 78.2 cm³/mol. The first kappa shape index (κ1) is 20.4. The summed E-state index contributed by atoms with van der Waals surface area (Å²) in [5.74, 6) is -0.981. The van der Waals surface area contributed by atoms with Crippen molar-refractivity contribution >= 4 is 5.97 Å². The monoisotopic (exact) mass is 274 g/mol. The third-order valence-electron chi connectivity index (χ3n) is 2.78. The molecule has 0 aliphatic heterocycles. The second-order valence-electron chi connectivity index (χ2n) is 4.64. The van der Waals surface area contributed by atoms with E-state index in [0.29, 0.717) is 0 Å². The Morgan fingerprint density at radius 3 is 1.89 bits per heavy atom. The molecule has 0 aromatic rings. The second kappa shape index (κ2) is 17.1. The Labute approximate surface area is 117 Å². The molecular formula is C15H30O4. The van der Waals surface area contributed by atoms with Crippen LogP contribution in [0.25, 0.3) is 0 Å². The van der Waals surface area contributed by atoms with Crippen LogP contribution in [0.3, 0.4) is 0 Å². The molecule has 0 spiro atoms. The Kier molecular flexibility index (Phi) is 18.4. The number of hydrogen-bond acceptors (Lipinski definition) is 3. The third kappa shape index (κ3) is 22.7. The van der Waals surface area contributed by atoms with Gasteiger partial charge < -0.3 is 15.3 Å². The zero-order valence-electron chi connectivity index (χ0n) is 12.2. The average molecular weight is 274 g/mol. The first-order valence-corrected chi connectivity index (χ1v) is 7.22. The van der Waals surface area contributed by atoms with Crippen LogP contribution >= 0.6 is 0 Å². The lowest BCUT2D eigenvalue weighted by atomic mass is 10.1. The summed E-state index contributed by atoms with van der Waals surface area (Å²) in [5.41, 5.74) is 0. The van der Waals surface area contributed by atoms with E-state index >= 15 is 0 Å². The molecule has 0 aliphatic rings. The van der Waals surface area contributed by atoms with E-state index in [-0.39, 0.29) is 6.61 Å². The smallest absolute Gasteiger partial charge is 0.327 e. The summed E-state index contributed by atoms with van der Waals surface area (Å²) in [6.45, 7) is 5.11. The molecule has 0 rings (SSSR count). The largest absolute Gasteiger partial charge is 0.478 e. The lowest BCUT2D eigenvalue weighted by Gasteiger charge is -2.06. The van der Waals surface area contributed by atoms with Crippen LogP contribution < -0.4 is 0 Å². The average Bonchev–Trinajstić information content (AvgIpc) is 2.42. The molecule has 4 nitrogen and oxygen atoms in total. The summed E-state index contributed by atoms with van der Waals surface area (Å²) in [5, 5.41) is 25.3. The Hall–Kier alpha value is -0.870. The van der Waals surface area contributed by atoms with Gasteiger partial charge >= 0.3 is 5.97 Å². The molecule has 0 saturated heterocycles. The van der Waals surface area contributed by atoms with Gasteiger partial charge in [0.1, 0.15) is 0 Å². The first-order chi connectivity index (χ1) is 9.08. The second-order valence-corrected chi connectivity index (χ2v) is 4.64. The SMILES string of the molecule is C=CC(=O)O.CCCCCCCCCCC(O)CO. The van der Waals surface area contributed by atoms with E-state index in [1.54, 1.807) is 0 Å². The lowest BCUT2D eigenvalue weighted by Crippen LogP contribution is -2.10. The zero-order valence-corrected chi connectivity index (χ0v) is 12.2. The summed E-state index contributed by atoms with van der Waals surface area (Å²) in [6, 6.07) is 0. The molecule has 3 N–H and O–H groups in total. The lowest BCUT2D eigenvalue weighted by molar-refractivity contribution is -0.131. The molecule has 0 saturated carbocycles. The van der Waals surface area contributed by atoms with Gasteiger partial charge in [0.2, 0.25) is 0 Å². The number of carboxylic acid groups (broad SMARTS) is 1. The molecule has 0 radical (unpaired) electrons. The van der Waals surface area contributed by atoms with E-state index in [4.69, 9.17) is 15.3 Å². The van der Waals surface area contributed by atoms with Crippen LogP contribution in [-0.2, 0) is 4.79 Å². The summed E-state index contributed by atoms with van der Waals surface area (Å²) in [7, 11) is 0. The van der Waals surface area contributed by atoms with Crippen LogP contribution in [0.2, 0.25) is 0 Å². The van der Waals surface area contributed by atoms with E-state index in [2.05, 4.69) is 13.5 Å². The molecule has 0 fully saturated rings. The van der Waals surface area contributed by atoms with Gasteiger partial charge in [0, 0.05) is 6.08 Å². The van der Waals surface area contributed by atoms with Gasteiger partial charge in [-0.05, 0) is 6.42 Å². The Bertz CT molecular complexity index is 204. The number of carbonyl (C=O) groups is 1. The highest BCUT2D eigenvalue weighted by atomic mass is 16.4. The van der Waals surface area contributed by atoms with Gasteiger partial charge in [0.25, 0.3) is 0 Å². The van der Waals surface area contributed by atoms with Gasteiger partial charge in [0.05, 0.1) is 12.7 Å². The predicted octanol–water partition coefficient (Wildman–Crippen LogP) is 3.13. The molecule has 0 aliphatic carbocycles. The maximum atomic E-state index is 9.25. The van der Waals surface area contributed by atoms with Gasteiger partial charge in [-0.2, -0.15) is 0 Å². The maximum absolute atomic E-state index is 9.25. The van der Waals surface area contributed by atoms with Crippen molar-refractivity contribution in [1.29, 1.82) is 0 Å². The van der Waals surface area contributed by atoms with Gasteiger partial charge in [-0.1, -0.05) is 64.9 Å².